The highest BCUT2D eigenvalue weighted by Crippen LogP contribution is 2.31. The van der Waals surface area contributed by atoms with Crippen molar-refractivity contribution in [3.63, 3.8) is 0 Å². The number of fused-ring (bicyclic) bond motifs is 1. The van der Waals surface area contributed by atoms with Crippen LogP contribution in [0.15, 0.2) is 40.9 Å². The lowest BCUT2D eigenvalue weighted by Crippen LogP contribution is -1.95. The number of aromatic nitrogens is 1. The van der Waals surface area contributed by atoms with Crippen molar-refractivity contribution < 1.29 is 8.78 Å². The van der Waals surface area contributed by atoms with Crippen molar-refractivity contribution in [2.24, 2.45) is 0 Å². The molecule has 0 saturated heterocycles. The summed E-state index contributed by atoms with van der Waals surface area (Å²) in [5.74, 6) is -1.78. The third-order valence-electron chi connectivity index (χ3n) is 2.54. The first-order valence-electron chi connectivity index (χ1n) is 5.40. The molecule has 2 nitrogen and oxygen atoms in total. The highest BCUT2D eigenvalue weighted by molar-refractivity contribution is 9.10. The number of hydrogen-bond donors (Lipinski definition) is 1. The average Bonchev–Trinajstić information content (AvgIpc) is 2.76. The summed E-state index contributed by atoms with van der Waals surface area (Å²) < 4.78 is 28.5. The number of anilines is 2. The minimum atomic E-state index is -0.900. The Morgan fingerprint density at radius 1 is 1.16 bits per heavy atom. The quantitative estimate of drug-likeness (QED) is 0.703. The summed E-state index contributed by atoms with van der Waals surface area (Å²) in [5.41, 5.74) is 0.886. The Bertz CT molecular complexity index is 757. The van der Waals surface area contributed by atoms with Gasteiger partial charge in [0.05, 0.1) is 15.9 Å². The molecular formula is C13H7BrF2N2S. The van der Waals surface area contributed by atoms with E-state index >= 15 is 0 Å². The van der Waals surface area contributed by atoms with E-state index in [1.165, 1.54) is 23.5 Å². The first kappa shape index (κ1) is 12.5. The van der Waals surface area contributed by atoms with Crippen LogP contribution in [0, 0.1) is 11.6 Å². The van der Waals surface area contributed by atoms with Crippen LogP contribution >= 0.6 is 27.3 Å². The van der Waals surface area contributed by atoms with E-state index < -0.39 is 11.6 Å². The van der Waals surface area contributed by atoms with Gasteiger partial charge in [0.2, 0.25) is 0 Å². The van der Waals surface area contributed by atoms with Crippen LogP contribution in [0.3, 0.4) is 0 Å². The van der Waals surface area contributed by atoms with E-state index in [4.69, 9.17) is 0 Å². The van der Waals surface area contributed by atoms with Gasteiger partial charge < -0.3 is 5.32 Å². The molecule has 0 radical (unpaired) electrons. The molecule has 0 unspecified atom stereocenters. The third kappa shape index (κ3) is 2.46. The molecule has 0 aliphatic rings. The Labute approximate surface area is 120 Å². The van der Waals surface area contributed by atoms with E-state index in [2.05, 4.69) is 26.2 Å². The molecule has 0 bridgehead atoms. The van der Waals surface area contributed by atoms with Gasteiger partial charge in [0.25, 0.3) is 0 Å². The Morgan fingerprint density at radius 3 is 2.84 bits per heavy atom. The van der Waals surface area contributed by atoms with Crippen molar-refractivity contribution in [3.8, 4) is 0 Å². The smallest absolute Gasteiger partial charge is 0.188 e. The highest BCUT2D eigenvalue weighted by atomic mass is 79.9. The summed E-state index contributed by atoms with van der Waals surface area (Å²) in [6.45, 7) is 0. The lowest BCUT2D eigenvalue weighted by atomic mass is 10.3. The molecule has 1 heterocycles. The maximum absolute atomic E-state index is 13.5. The van der Waals surface area contributed by atoms with Gasteiger partial charge in [0, 0.05) is 4.47 Å². The molecule has 0 aliphatic carbocycles. The van der Waals surface area contributed by atoms with Gasteiger partial charge in [0.15, 0.2) is 16.8 Å². The van der Waals surface area contributed by atoms with E-state index in [-0.39, 0.29) is 5.69 Å². The maximum atomic E-state index is 13.5. The molecule has 0 fully saturated rings. The molecule has 0 atom stereocenters. The number of nitrogens with zero attached hydrogens (tertiary/aromatic N) is 1. The predicted octanol–water partition coefficient (Wildman–Crippen LogP) is 5.08. The lowest BCUT2D eigenvalue weighted by molar-refractivity contribution is 0.512. The van der Waals surface area contributed by atoms with Gasteiger partial charge in [-0.3, -0.25) is 0 Å². The van der Waals surface area contributed by atoms with Crippen LogP contribution in [-0.2, 0) is 0 Å². The molecule has 3 rings (SSSR count). The van der Waals surface area contributed by atoms with E-state index in [9.17, 15) is 8.78 Å². The second-order valence-electron chi connectivity index (χ2n) is 3.86. The van der Waals surface area contributed by atoms with Crippen LogP contribution in [0.1, 0.15) is 0 Å². The second-order valence-corrected chi connectivity index (χ2v) is 5.80. The first-order chi connectivity index (χ1) is 9.13. The zero-order valence-corrected chi connectivity index (χ0v) is 11.9. The molecule has 2 aromatic carbocycles. The fourth-order valence-corrected chi connectivity index (χ4v) is 2.88. The SMILES string of the molecule is Fc1cccc(Nc2nc3cc(Br)ccc3s2)c1F. The van der Waals surface area contributed by atoms with Crippen LogP contribution < -0.4 is 5.32 Å². The monoisotopic (exact) mass is 340 g/mol. The summed E-state index contributed by atoms with van der Waals surface area (Å²) in [6, 6.07) is 9.71. The number of hydrogen-bond acceptors (Lipinski definition) is 3. The normalized spacial score (nSPS) is 10.9. The molecule has 3 aromatic rings. The van der Waals surface area contributed by atoms with Crippen LogP contribution in [0.25, 0.3) is 10.2 Å². The van der Waals surface area contributed by atoms with Crippen molar-refractivity contribution in [3.05, 3.63) is 52.5 Å². The van der Waals surface area contributed by atoms with Crippen molar-refractivity contribution in [1.82, 2.24) is 4.98 Å². The van der Waals surface area contributed by atoms with Gasteiger partial charge in [-0.15, -0.1) is 0 Å². The highest BCUT2D eigenvalue weighted by Gasteiger charge is 2.10. The molecular weight excluding hydrogens is 334 g/mol. The van der Waals surface area contributed by atoms with Crippen molar-refractivity contribution in [2.75, 3.05) is 5.32 Å². The lowest BCUT2D eigenvalue weighted by Gasteiger charge is -2.03. The maximum Gasteiger partial charge on any atom is 0.188 e. The van der Waals surface area contributed by atoms with Crippen LogP contribution in [0.2, 0.25) is 0 Å². The van der Waals surface area contributed by atoms with Gasteiger partial charge in [-0.05, 0) is 30.3 Å². The summed E-state index contributed by atoms with van der Waals surface area (Å²) in [7, 11) is 0. The van der Waals surface area contributed by atoms with Crippen LogP contribution in [0.5, 0.6) is 0 Å². The van der Waals surface area contributed by atoms with E-state index in [0.717, 1.165) is 20.8 Å². The molecule has 0 amide bonds. The molecule has 0 spiro atoms. The van der Waals surface area contributed by atoms with Crippen molar-refractivity contribution >= 4 is 48.3 Å². The zero-order valence-electron chi connectivity index (χ0n) is 9.45. The minimum absolute atomic E-state index is 0.0816. The standard InChI is InChI=1S/C13H7BrF2N2S/c14-7-4-5-11-10(6-7)18-13(19-11)17-9-3-1-2-8(15)12(9)16/h1-6H,(H,17,18). The molecule has 0 saturated carbocycles. The minimum Gasteiger partial charge on any atom is -0.329 e. The molecule has 1 aromatic heterocycles. The van der Waals surface area contributed by atoms with Gasteiger partial charge in [-0.1, -0.05) is 33.3 Å². The fourth-order valence-electron chi connectivity index (χ4n) is 1.67. The Kier molecular flexibility index (Phi) is 3.20. The van der Waals surface area contributed by atoms with Gasteiger partial charge in [-0.25, -0.2) is 13.8 Å². The summed E-state index contributed by atoms with van der Waals surface area (Å²) >= 11 is 4.75. The van der Waals surface area contributed by atoms with Gasteiger partial charge in [-0.2, -0.15) is 0 Å². The summed E-state index contributed by atoms with van der Waals surface area (Å²) in [5, 5.41) is 3.32. The third-order valence-corrected chi connectivity index (χ3v) is 3.99. The van der Waals surface area contributed by atoms with E-state index in [1.54, 1.807) is 0 Å². The first-order valence-corrected chi connectivity index (χ1v) is 7.01. The van der Waals surface area contributed by atoms with Crippen molar-refractivity contribution in [1.29, 1.82) is 0 Å². The molecule has 19 heavy (non-hydrogen) atoms. The van der Waals surface area contributed by atoms with Gasteiger partial charge >= 0.3 is 0 Å². The number of rotatable bonds is 2. The molecule has 0 aliphatic heterocycles. The largest absolute Gasteiger partial charge is 0.329 e. The summed E-state index contributed by atoms with van der Waals surface area (Å²) in [4.78, 5) is 4.33. The van der Waals surface area contributed by atoms with E-state index in [1.807, 2.05) is 18.2 Å². The van der Waals surface area contributed by atoms with Crippen LogP contribution in [-0.4, -0.2) is 4.98 Å². The van der Waals surface area contributed by atoms with E-state index in [0.29, 0.717) is 5.13 Å². The zero-order chi connectivity index (χ0) is 13.4. The topological polar surface area (TPSA) is 24.9 Å². The Balaban J connectivity index is 1.99. The van der Waals surface area contributed by atoms with Crippen LogP contribution in [0.4, 0.5) is 19.6 Å². The molecule has 6 heteroatoms. The Morgan fingerprint density at radius 2 is 2.00 bits per heavy atom. The Hall–Kier alpha value is -1.53. The molecule has 1 N–H and O–H groups in total. The number of halogens is 3. The van der Waals surface area contributed by atoms with Gasteiger partial charge in [0.1, 0.15) is 0 Å². The van der Waals surface area contributed by atoms with Crippen molar-refractivity contribution in [2.45, 2.75) is 0 Å². The second kappa shape index (κ2) is 4.86. The summed E-state index contributed by atoms with van der Waals surface area (Å²) in [6.07, 6.45) is 0. The molecule has 96 valence electrons. The number of thiazole rings is 1. The number of nitrogens with one attached hydrogen (secondary N) is 1. The number of benzene rings is 2. The predicted molar refractivity (Wildman–Crippen MR) is 77.0 cm³/mol. The fraction of sp³-hybridized carbons (Fsp3) is 0. The average molecular weight is 341 g/mol.